The highest BCUT2D eigenvalue weighted by Crippen LogP contribution is 2.45. The quantitative estimate of drug-likeness (QED) is 0.240. The summed E-state index contributed by atoms with van der Waals surface area (Å²) < 4.78 is 2.02. The molecule has 0 saturated heterocycles. The number of anilines is 1. The van der Waals surface area contributed by atoms with E-state index in [0.717, 1.165) is 26.5 Å². The van der Waals surface area contributed by atoms with Gasteiger partial charge < -0.3 is 15.0 Å². The van der Waals surface area contributed by atoms with E-state index in [1.165, 1.54) is 4.70 Å². The Morgan fingerprint density at radius 1 is 1.29 bits per heavy atom. The van der Waals surface area contributed by atoms with Crippen LogP contribution in [-0.2, 0) is 4.79 Å². The van der Waals surface area contributed by atoms with Crippen molar-refractivity contribution in [1.82, 2.24) is 4.98 Å². The first-order valence-electron chi connectivity index (χ1n) is 8.73. The summed E-state index contributed by atoms with van der Waals surface area (Å²) in [5, 5.41) is 9.17. The van der Waals surface area contributed by atoms with E-state index in [-0.39, 0.29) is 4.71 Å². The Bertz CT molecular complexity index is 1020. The van der Waals surface area contributed by atoms with E-state index >= 15 is 0 Å². The number of benzene rings is 2. The SMILES string of the molecule is CCCC(=CN1c2ccccc2SC1S)C(=O)O.S=c1[nH]c2ccccc2s1. The van der Waals surface area contributed by atoms with Crippen LogP contribution in [0.5, 0.6) is 0 Å². The van der Waals surface area contributed by atoms with E-state index in [2.05, 4.69) is 23.7 Å². The van der Waals surface area contributed by atoms with Crippen molar-refractivity contribution in [2.45, 2.75) is 29.4 Å². The third kappa shape index (κ3) is 5.00. The lowest BCUT2D eigenvalue weighted by Crippen LogP contribution is -2.20. The molecular weight excluding hydrogens is 429 g/mol. The highest BCUT2D eigenvalue weighted by atomic mass is 32.2. The fraction of sp³-hybridized carbons (Fsp3) is 0.200. The number of carboxylic acids is 1. The van der Waals surface area contributed by atoms with Gasteiger partial charge >= 0.3 is 5.97 Å². The smallest absolute Gasteiger partial charge is 0.333 e. The summed E-state index contributed by atoms with van der Waals surface area (Å²) in [4.78, 5) is 17.3. The molecule has 0 amide bonds. The molecule has 0 spiro atoms. The van der Waals surface area contributed by atoms with Crippen LogP contribution < -0.4 is 4.90 Å². The van der Waals surface area contributed by atoms with Gasteiger partial charge in [0.2, 0.25) is 0 Å². The van der Waals surface area contributed by atoms with Crippen molar-refractivity contribution in [3.8, 4) is 0 Å². The van der Waals surface area contributed by atoms with Gasteiger partial charge in [0, 0.05) is 11.1 Å². The number of thiol groups is 1. The average molecular weight is 449 g/mol. The van der Waals surface area contributed by atoms with E-state index in [1.54, 1.807) is 29.3 Å². The molecule has 4 nitrogen and oxygen atoms in total. The molecule has 0 bridgehead atoms. The topological polar surface area (TPSA) is 56.3 Å². The minimum Gasteiger partial charge on any atom is -0.478 e. The molecule has 0 fully saturated rings. The first-order valence-corrected chi connectivity index (χ1v) is 11.4. The van der Waals surface area contributed by atoms with Crippen LogP contribution in [0.4, 0.5) is 5.69 Å². The Morgan fingerprint density at radius 2 is 2.00 bits per heavy atom. The molecule has 4 rings (SSSR count). The molecule has 2 heterocycles. The van der Waals surface area contributed by atoms with E-state index in [4.69, 9.17) is 12.2 Å². The summed E-state index contributed by atoms with van der Waals surface area (Å²) >= 11 is 12.7. The molecule has 0 radical (unpaired) electrons. The predicted octanol–water partition coefficient (Wildman–Crippen LogP) is 6.54. The minimum absolute atomic E-state index is 0.0615. The van der Waals surface area contributed by atoms with Gasteiger partial charge in [0.05, 0.1) is 21.5 Å². The Balaban J connectivity index is 0.000000188. The standard InChI is InChI=1S/C13H15NO2S2.C7H5NS2/c1-2-5-9(12(15)16)8-14-10-6-3-4-7-11(10)18-13(14)17;9-7-8-5-3-1-2-4-6(5)10-7/h3-4,6-8,13,17H,2,5H2,1H3,(H,15,16);1-4H,(H,8,9). The van der Waals surface area contributed by atoms with Crippen LogP contribution in [-0.4, -0.2) is 20.8 Å². The normalized spacial score (nSPS) is 15.9. The second-order valence-electron chi connectivity index (χ2n) is 6.04. The van der Waals surface area contributed by atoms with E-state index < -0.39 is 5.97 Å². The number of H-pyrrole nitrogens is 1. The number of aromatic amines is 1. The van der Waals surface area contributed by atoms with Crippen molar-refractivity contribution in [1.29, 1.82) is 0 Å². The summed E-state index contributed by atoms with van der Waals surface area (Å²) in [6.07, 6.45) is 3.10. The van der Waals surface area contributed by atoms with Crippen LogP contribution in [0.3, 0.4) is 0 Å². The lowest BCUT2D eigenvalue weighted by atomic mass is 10.1. The number of hydrogen-bond donors (Lipinski definition) is 3. The predicted molar refractivity (Wildman–Crippen MR) is 125 cm³/mol. The summed E-state index contributed by atoms with van der Waals surface area (Å²) in [7, 11) is 0. The highest BCUT2D eigenvalue weighted by molar-refractivity contribution is 8.11. The summed E-state index contributed by atoms with van der Waals surface area (Å²) in [5.41, 5.74) is 2.59. The number of thiazole rings is 1. The zero-order chi connectivity index (χ0) is 20.1. The number of fused-ring (bicyclic) bond motifs is 2. The summed E-state index contributed by atoms with van der Waals surface area (Å²) in [6, 6.07) is 16.0. The third-order valence-electron chi connectivity index (χ3n) is 4.03. The number of aromatic nitrogens is 1. The van der Waals surface area contributed by atoms with Crippen LogP contribution in [0.1, 0.15) is 19.8 Å². The van der Waals surface area contributed by atoms with E-state index in [9.17, 15) is 9.90 Å². The molecule has 2 N–H and O–H groups in total. The fourth-order valence-electron chi connectivity index (χ4n) is 2.75. The molecule has 0 saturated carbocycles. The first kappa shape index (κ1) is 21.0. The third-order valence-corrected chi connectivity index (χ3v) is 6.85. The molecular formula is C20H20N2O2S4. The van der Waals surface area contributed by atoms with Gasteiger partial charge in [-0.05, 0) is 42.9 Å². The number of carboxylic acid groups (broad SMARTS) is 1. The van der Waals surface area contributed by atoms with E-state index in [1.807, 2.05) is 54.3 Å². The average Bonchev–Trinajstić information content (AvgIpc) is 3.20. The number of hydrogen-bond acceptors (Lipinski definition) is 6. The van der Waals surface area contributed by atoms with Crippen LogP contribution in [0, 0.1) is 3.95 Å². The number of carbonyl (C=O) groups is 1. The number of thioether (sulfide) groups is 1. The van der Waals surface area contributed by atoms with Crippen LogP contribution in [0.15, 0.2) is 65.2 Å². The molecule has 28 heavy (non-hydrogen) atoms. The molecule has 8 heteroatoms. The van der Waals surface area contributed by atoms with Gasteiger partial charge in [-0.3, -0.25) is 0 Å². The van der Waals surface area contributed by atoms with Gasteiger partial charge in [0.1, 0.15) is 4.71 Å². The molecule has 3 aromatic rings. The van der Waals surface area contributed by atoms with Gasteiger partial charge in [0.15, 0.2) is 3.95 Å². The number of nitrogens with zero attached hydrogens (tertiary/aromatic N) is 1. The Kier molecular flexibility index (Phi) is 7.23. The molecule has 0 aliphatic carbocycles. The van der Waals surface area contributed by atoms with Crippen molar-refractivity contribution in [3.63, 3.8) is 0 Å². The number of para-hydroxylation sites is 2. The van der Waals surface area contributed by atoms with Gasteiger partial charge in [0.25, 0.3) is 0 Å². The number of aliphatic carboxylic acids is 1. The lowest BCUT2D eigenvalue weighted by Gasteiger charge is -2.19. The Labute approximate surface area is 182 Å². The maximum absolute atomic E-state index is 11.2. The van der Waals surface area contributed by atoms with Gasteiger partial charge in [-0.25, -0.2) is 4.79 Å². The van der Waals surface area contributed by atoms with Crippen molar-refractivity contribution in [3.05, 3.63) is 64.3 Å². The molecule has 1 aliphatic rings. The molecule has 2 aromatic carbocycles. The monoisotopic (exact) mass is 448 g/mol. The van der Waals surface area contributed by atoms with Crippen LogP contribution in [0.25, 0.3) is 10.2 Å². The van der Waals surface area contributed by atoms with Gasteiger partial charge in [-0.1, -0.05) is 49.4 Å². The van der Waals surface area contributed by atoms with Crippen molar-refractivity contribution < 1.29 is 9.90 Å². The summed E-state index contributed by atoms with van der Waals surface area (Å²) in [5.74, 6) is -0.855. The fourth-order valence-corrected chi connectivity index (χ4v) is 5.36. The lowest BCUT2D eigenvalue weighted by molar-refractivity contribution is -0.132. The van der Waals surface area contributed by atoms with Crippen LogP contribution in [0.2, 0.25) is 0 Å². The van der Waals surface area contributed by atoms with E-state index in [0.29, 0.717) is 12.0 Å². The van der Waals surface area contributed by atoms with Gasteiger partial charge in [-0.2, -0.15) is 0 Å². The highest BCUT2D eigenvalue weighted by Gasteiger charge is 2.26. The Hall–Kier alpha value is -1.74. The first-order chi connectivity index (χ1) is 13.5. The second-order valence-corrected chi connectivity index (χ2v) is 9.72. The van der Waals surface area contributed by atoms with Gasteiger partial charge in [-0.15, -0.1) is 24.0 Å². The zero-order valence-corrected chi connectivity index (χ0v) is 18.5. The number of rotatable bonds is 4. The number of nitrogens with one attached hydrogen (secondary N) is 1. The summed E-state index contributed by atoms with van der Waals surface area (Å²) in [6.45, 7) is 1.97. The second kappa shape index (κ2) is 9.65. The van der Waals surface area contributed by atoms with Crippen LogP contribution >= 0.6 is 47.9 Å². The molecule has 1 unspecified atom stereocenters. The molecule has 1 aromatic heterocycles. The molecule has 146 valence electrons. The minimum atomic E-state index is -0.855. The van der Waals surface area contributed by atoms with Crippen molar-refractivity contribution >= 4 is 69.8 Å². The zero-order valence-electron chi connectivity index (χ0n) is 15.2. The Morgan fingerprint density at radius 3 is 2.71 bits per heavy atom. The maximum Gasteiger partial charge on any atom is 0.333 e. The van der Waals surface area contributed by atoms with Crippen molar-refractivity contribution in [2.24, 2.45) is 0 Å². The maximum atomic E-state index is 11.2. The van der Waals surface area contributed by atoms with Crippen molar-refractivity contribution in [2.75, 3.05) is 4.90 Å². The molecule has 1 atom stereocenters. The molecule has 1 aliphatic heterocycles. The largest absolute Gasteiger partial charge is 0.478 e.